The molecule has 3 amide bonds. The summed E-state index contributed by atoms with van der Waals surface area (Å²) in [6, 6.07) is 3.64. The van der Waals surface area contributed by atoms with Gasteiger partial charge in [-0.2, -0.15) is 0 Å². The summed E-state index contributed by atoms with van der Waals surface area (Å²) in [7, 11) is 1.54. The lowest BCUT2D eigenvalue weighted by molar-refractivity contribution is -0.128. The quantitative estimate of drug-likeness (QED) is 0.759. The molecule has 2 heterocycles. The first-order valence-electron chi connectivity index (χ1n) is 8.24. The second kappa shape index (κ2) is 7.03. The van der Waals surface area contributed by atoms with Crippen molar-refractivity contribution in [2.45, 2.75) is 18.9 Å². The number of nitrogens with two attached hydrogens (primary N) is 1. The molecule has 1 aromatic rings. The van der Waals surface area contributed by atoms with E-state index in [9.17, 15) is 14.0 Å². The second-order valence-corrected chi connectivity index (χ2v) is 6.91. The van der Waals surface area contributed by atoms with Crippen LogP contribution in [0.2, 0.25) is 0 Å². The maximum absolute atomic E-state index is 14.3. The third kappa shape index (κ3) is 3.66. The van der Waals surface area contributed by atoms with Gasteiger partial charge in [0.25, 0.3) is 0 Å². The van der Waals surface area contributed by atoms with E-state index in [0.717, 1.165) is 0 Å². The van der Waals surface area contributed by atoms with Crippen molar-refractivity contribution >= 4 is 35.2 Å². The summed E-state index contributed by atoms with van der Waals surface area (Å²) >= 11 is 6.01. The van der Waals surface area contributed by atoms with Gasteiger partial charge in [-0.1, -0.05) is 29.8 Å². The first kappa shape index (κ1) is 18.9. The van der Waals surface area contributed by atoms with E-state index in [0.29, 0.717) is 5.56 Å². The van der Waals surface area contributed by atoms with E-state index in [4.69, 9.17) is 17.3 Å². The molecule has 0 saturated carbocycles. The molecule has 7 nitrogen and oxygen atoms in total. The molecule has 1 aromatic carbocycles. The third-order valence-corrected chi connectivity index (χ3v) is 4.90. The van der Waals surface area contributed by atoms with Crippen LogP contribution in [0.4, 0.5) is 14.9 Å². The molecule has 3 rings (SSSR count). The number of hydrogen-bond acceptors (Lipinski definition) is 4. The van der Waals surface area contributed by atoms with Gasteiger partial charge in [-0.05, 0) is 30.7 Å². The van der Waals surface area contributed by atoms with Crippen molar-refractivity contribution < 1.29 is 14.0 Å². The number of amides is 3. The van der Waals surface area contributed by atoms with Crippen LogP contribution in [-0.2, 0) is 10.3 Å². The number of benzene rings is 1. The fourth-order valence-corrected chi connectivity index (χ4v) is 3.10. The van der Waals surface area contributed by atoms with E-state index in [2.05, 4.69) is 10.3 Å². The number of nitrogens with one attached hydrogen (secondary N) is 1. The van der Waals surface area contributed by atoms with Crippen molar-refractivity contribution in [3.05, 3.63) is 53.0 Å². The zero-order valence-electron chi connectivity index (χ0n) is 14.9. The Morgan fingerprint density at radius 1 is 1.44 bits per heavy atom. The molecule has 2 aliphatic heterocycles. The van der Waals surface area contributed by atoms with Crippen LogP contribution in [0.1, 0.15) is 18.9 Å². The largest absolute Gasteiger partial charge is 0.369 e. The van der Waals surface area contributed by atoms with Crippen LogP contribution >= 0.6 is 11.6 Å². The lowest BCUT2D eigenvalue weighted by atomic mass is 9.87. The van der Waals surface area contributed by atoms with Crippen LogP contribution in [0, 0.1) is 5.82 Å². The highest BCUT2D eigenvalue weighted by molar-refractivity contribution is 6.30. The van der Waals surface area contributed by atoms with Crippen molar-refractivity contribution in [2.24, 2.45) is 10.7 Å². The fourth-order valence-electron chi connectivity index (χ4n) is 2.88. The summed E-state index contributed by atoms with van der Waals surface area (Å²) in [6.07, 6.45) is 5.13. The van der Waals surface area contributed by atoms with E-state index in [-0.39, 0.29) is 35.7 Å². The highest BCUT2D eigenvalue weighted by Gasteiger charge is 2.36. The van der Waals surface area contributed by atoms with Crippen molar-refractivity contribution in [1.82, 2.24) is 9.80 Å². The number of aliphatic imine (C=N–C) groups is 1. The highest BCUT2D eigenvalue weighted by Crippen LogP contribution is 2.35. The molecule has 0 spiro atoms. The minimum Gasteiger partial charge on any atom is -0.369 e. The van der Waals surface area contributed by atoms with Gasteiger partial charge in [0.05, 0.1) is 17.6 Å². The molecule has 0 radical (unpaired) electrons. The van der Waals surface area contributed by atoms with Gasteiger partial charge >= 0.3 is 6.03 Å². The van der Waals surface area contributed by atoms with Crippen LogP contribution in [0.5, 0.6) is 0 Å². The summed E-state index contributed by atoms with van der Waals surface area (Å²) in [6.45, 7) is 2.01. The Morgan fingerprint density at radius 2 is 2.19 bits per heavy atom. The van der Waals surface area contributed by atoms with Crippen LogP contribution in [0.3, 0.4) is 0 Å². The Morgan fingerprint density at radius 3 is 2.85 bits per heavy atom. The molecule has 27 heavy (non-hydrogen) atoms. The molecule has 1 atom stereocenters. The SMILES string of the molecule is CN1C(=O)C[C@@](C)(c2ccc(F)c(NC(=O)N3CC=CC=C3Cl)c2)N=C1N. The van der Waals surface area contributed by atoms with Crippen molar-refractivity contribution in [2.75, 3.05) is 18.9 Å². The number of halogens is 2. The number of urea groups is 1. The number of hydrogen-bond donors (Lipinski definition) is 2. The van der Waals surface area contributed by atoms with Crippen LogP contribution in [-0.4, -0.2) is 41.3 Å². The minimum absolute atomic E-state index is 0.0297. The van der Waals surface area contributed by atoms with Crippen LogP contribution < -0.4 is 11.1 Å². The third-order valence-electron chi connectivity index (χ3n) is 4.57. The molecule has 0 saturated heterocycles. The Hall–Kier alpha value is -2.87. The number of anilines is 1. The van der Waals surface area contributed by atoms with Gasteiger partial charge in [-0.25, -0.2) is 14.2 Å². The molecule has 9 heteroatoms. The molecule has 0 aliphatic carbocycles. The van der Waals surface area contributed by atoms with Crippen molar-refractivity contribution in [3.63, 3.8) is 0 Å². The Labute approximate surface area is 161 Å². The molecular weight excluding hydrogens is 373 g/mol. The first-order valence-corrected chi connectivity index (χ1v) is 8.62. The average molecular weight is 392 g/mol. The second-order valence-electron chi connectivity index (χ2n) is 6.53. The summed E-state index contributed by atoms with van der Waals surface area (Å²) in [5.41, 5.74) is 5.40. The maximum Gasteiger partial charge on any atom is 0.327 e. The van der Waals surface area contributed by atoms with Gasteiger partial charge in [0.2, 0.25) is 5.91 Å². The molecule has 0 aromatic heterocycles. The van der Waals surface area contributed by atoms with Gasteiger partial charge in [0.15, 0.2) is 5.96 Å². The number of nitrogens with zero attached hydrogens (tertiary/aromatic N) is 3. The first-order chi connectivity index (χ1) is 12.7. The number of allylic oxidation sites excluding steroid dienone is 2. The molecular formula is C18H19ClFN5O2. The van der Waals surface area contributed by atoms with Crippen LogP contribution in [0.25, 0.3) is 0 Å². The van der Waals surface area contributed by atoms with Crippen molar-refractivity contribution in [3.8, 4) is 0 Å². The standard InChI is InChI=1S/C18H19ClFN5O2/c1-18(10-15(26)24(2)16(21)23-18)11-6-7-12(20)13(9-11)22-17(27)25-8-4-3-5-14(25)19/h3-7,9H,8,10H2,1-2H3,(H2,21,23)(H,22,27)/t18-/m0/s1. The van der Waals surface area contributed by atoms with Gasteiger partial charge in [0.1, 0.15) is 11.0 Å². The summed E-state index contributed by atoms with van der Waals surface area (Å²) in [4.78, 5) is 31.5. The van der Waals surface area contributed by atoms with E-state index in [1.807, 2.05) is 0 Å². The fraction of sp³-hybridized carbons (Fsp3) is 0.278. The van der Waals surface area contributed by atoms with Gasteiger partial charge < -0.3 is 11.1 Å². The van der Waals surface area contributed by atoms with Crippen LogP contribution in [0.15, 0.2) is 46.6 Å². The average Bonchev–Trinajstić information content (AvgIpc) is 2.61. The van der Waals surface area contributed by atoms with Gasteiger partial charge in [0, 0.05) is 13.6 Å². The van der Waals surface area contributed by atoms with E-state index >= 15 is 0 Å². The summed E-state index contributed by atoms with van der Waals surface area (Å²) in [5, 5.41) is 2.75. The Balaban J connectivity index is 1.89. The molecule has 0 unspecified atom stereocenters. The topological polar surface area (TPSA) is 91.0 Å². The Kier molecular flexibility index (Phi) is 4.93. The molecule has 0 bridgehead atoms. The smallest absolute Gasteiger partial charge is 0.327 e. The van der Waals surface area contributed by atoms with E-state index < -0.39 is 17.4 Å². The summed E-state index contributed by atoms with van der Waals surface area (Å²) in [5.74, 6) is -0.725. The minimum atomic E-state index is -0.952. The van der Waals surface area contributed by atoms with E-state index in [1.54, 1.807) is 32.2 Å². The predicted octanol–water partition coefficient (Wildman–Crippen LogP) is 2.70. The lowest BCUT2D eigenvalue weighted by Gasteiger charge is -2.34. The number of carbonyl (C=O) groups is 2. The number of carbonyl (C=O) groups excluding carboxylic acids is 2. The lowest BCUT2D eigenvalue weighted by Crippen LogP contribution is -2.47. The molecule has 3 N–H and O–H groups in total. The zero-order chi connectivity index (χ0) is 19.8. The zero-order valence-corrected chi connectivity index (χ0v) is 15.6. The summed E-state index contributed by atoms with van der Waals surface area (Å²) < 4.78 is 14.3. The monoisotopic (exact) mass is 391 g/mol. The van der Waals surface area contributed by atoms with Gasteiger partial charge in [-0.15, -0.1) is 0 Å². The Bertz CT molecular complexity index is 898. The highest BCUT2D eigenvalue weighted by atomic mass is 35.5. The van der Waals surface area contributed by atoms with Crippen molar-refractivity contribution in [1.29, 1.82) is 0 Å². The van der Waals surface area contributed by atoms with Gasteiger partial charge in [-0.3, -0.25) is 14.6 Å². The molecule has 2 aliphatic rings. The molecule has 142 valence electrons. The maximum atomic E-state index is 14.3. The normalized spacial score (nSPS) is 22.4. The number of rotatable bonds is 2. The molecule has 0 fully saturated rings. The number of guanidine groups is 1. The van der Waals surface area contributed by atoms with E-state index in [1.165, 1.54) is 28.0 Å². The predicted molar refractivity (Wildman–Crippen MR) is 102 cm³/mol.